The molecule has 1 heterocycles. The minimum absolute atomic E-state index is 0.587. The summed E-state index contributed by atoms with van der Waals surface area (Å²) in [5, 5.41) is 0. The van der Waals surface area contributed by atoms with Gasteiger partial charge in [-0.3, -0.25) is 4.72 Å². The SMILES string of the molecule is CS(=O)(=O)Nc1ccc(CCn2ccnc2)cc1. The summed E-state index contributed by atoms with van der Waals surface area (Å²) in [5.41, 5.74) is 1.74. The number of sulfonamides is 1. The molecule has 0 saturated carbocycles. The maximum atomic E-state index is 11.0. The Morgan fingerprint density at radius 2 is 2.00 bits per heavy atom. The smallest absolute Gasteiger partial charge is 0.229 e. The van der Waals surface area contributed by atoms with Gasteiger partial charge in [0, 0.05) is 24.6 Å². The predicted molar refractivity (Wildman–Crippen MR) is 70.8 cm³/mol. The Bertz CT molecular complexity index is 589. The van der Waals surface area contributed by atoms with Crippen LogP contribution in [0.3, 0.4) is 0 Å². The van der Waals surface area contributed by atoms with Crippen molar-refractivity contribution in [2.45, 2.75) is 13.0 Å². The molecule has 0 fully saturated rings. The molecule has 0 unspecified atom stereocenters. The molecule has 0 saturated heterocycles. The van der Waals surface area contributed by atoms with Crippen LogP contribution in [0, 0.1) is 0 Å². The lowest BCUT2D eigenvalue weighted by Crippen LogP contribution is -2.09. The fourth-order valence-corrected chi connectivity index (χ4v) is 2.19. The zero-order valence-corrected chi connectivity index (χ0v) is 10.9. The highest BCUT2D eigenvalue weighted by Crippen LogP contribution is 2.11. The lowest BCUT2D eigenvalue weighted by Gasteiger charge is -2.06. The van der Waals surface area contributed by atoms with Gasteiger partial charge in [0.1, 0.15) is 0 Å². The van der Waals surface area contributed by atoms with E-state index in [0.29, 0.717) is 5.69 Å². The van der Waals surface area contributed by atoms with E-state index in [1.54, 1.807) is 24.7 Å². The summed E-state index contributed by atoms with van der Waals surface area (Å²) in [5.74, 6) is 0. The third-order valence-electron chi connectivity index (χ3n) is 2.48. The lowest BCUT2D eigenvalue weighted by molar-refractivity contribution is 0.607. The quantitative estimate of drug-likeness (QED) is 0.891. The fourth-order valence-electron chi connectivity index (χ4n) is 1.63. The van der Waals surface area contributed by atoms with Gasteiger partial charge in [0.2, 0.25) is 10.0 Å². The number of hydrogen-bond donors (Lipinski definition) is 1. The first kappa shape index (κ1) is 12.6. The molecule has 0 bridgehead atoms. The van der Waals surface area contributed by atoms with E-state index in [2.05, 4.69) is 9.71 Å². The predicted octanol–water partition coefficient (Wildman–Crippen LogP) is 1.50. The summed E-state index contributed by atoms with van der Waals surface area (Å²) in [4.78, 5) is 3.98. The van der Waals surface area contributed by atoms with Gasteiger partial charge in [-0.1, -0.05) is 12.1 Å². The fraction of sp³-hybridized carbons (Fsp3) is 0.250. The zero-order valence-electron chi connectivity index (χ0n) is 10.1. The normalized spacial score (nSPS) is 11.4. The highest BCUT2D eigenvalue weighted by molar-refractivity contribution is 7.92. The van der Waals surface area contributed by atoms with Crippen molar-refractivity contribution in [2.75, 3.05) is 11.0 Å². The molecule has 0 spiro atoms. The molecule has 5 nitrogen and oxygen atoms in total. The van der Waals surface area contributed by atoms with Crippen LogP contribution in [0.15, 0.2) is 43.0 Å². The molecule has 0 radical (unpaired) electrons. The van der Waals surface area contributed by atoms with Gasteiger partial charge >= 0.3 is 0 Å². The van der Waals surface area contributed by atoms with Crippen molar-refractivity contribution in [1.29, 1.82) is 0 Å². The molecule has 0 atom stereocenters. The highest BCUT2D eigenvalue weighted by Gasteiger charge is 2.01. The molecule has 0 aliphatic carbocycles. The zero-order chi connectivity index (χ0) is 13.0. The minimum atomic E-state index is -3.20. The maximum absolute atomic E-state index is 11.0. The summed E-state index contributed by atoms with van der Waals surface area (Å²) in [6, 6.07) is 7.38. The Morgan fingerprint density at radius 3 is 2.56 bits per heavy atom. The van der Waals surface area contributed by atoms with Gasteiger partial charge < -0.3 is 4.57 Å². The lowest BCUT2D eigenvalue weighted by atomic mass is 10.1. The van der Waals surface area contributed by atoms with Crippen molar-refractivity contribution in [3.8, 4) is 0 Å². The molecule has 6 heteroatoms. The summed E-state index contributed by atoms with van der Waals surface area (Å²) in [6.07, 6.45) is 7.47. The van der Waals surface area contributed by atoms with E-state index in [1.165, 1.54) is 0 Å². The number of imidazole rings is 1. The van der Waals surface area contributed by atoms with E-state index in [4.69, 9.17) is 0 Å². The highest BCUT2D eigenvalue weighted by atomic mass is 32.2. The van der Waals surface area contributed by atoms with Crippen molar-refractivity contribution in [3.63, 3.8) is 0 Å². The molecule has 2 aromatic rings. The van der Waals surface area contributed by atoms with Crippen molar-refractivity contribution < 1.29 is 8.42 Å². The number of aromatic nitrogens is 2. The molecule has 96 valence electrons. The average molecular weight is 265 g/mol. The second kappa shape index (κ2) is 5.22. The molecule has 0 amide bonds. The van der Waals surface area contributed by atoms with E-state index >= 15 is 0 Å². The first-order valence-electron chi connectivity index (χ1n) is 5.55. The van der Waals surface area contributed by atoms with Crippen molar-refractivity contribution in [3.05, 3.63) is 48.5 Å². The van der Waals surface area contributed by atoms with E-state index in [0.717, 1.165) is 24.8 Å². The first-order chi connectivity index (χ1) is 8.53. The number of nitrogens with zero attached hydrogens (tertiary/aromatic N) is 2. The number of nitrogens with one attached hydrogen (secondary N) is 1. The summed E-state index contributed by atoms with van der Waals surface area (Å²) < 4.78 is 26.5. The van der Waals surface area contributed by atoms with Crippen LogP contribution < -0.4 is 4.72 Å². The Hall–Kier alpha value is -1.82. The number of anilines is 1. The van der Waals surface area contributed by atoms with Crippen LogP contribution in [0.5, 0.6) is 0 Å². The van der Waals surface area contributed by atoms with Crippen LogP contribution in [0.25, 0.3) is 0 Å². The van der Waals surface area contributed by atoms with Gasteiger partial charge in [-0.25, -0.2) is 13.4 Å². The van der Waals surface area contributed by atoms with Gasteiger partial charge in [0.25, 0.3) is 0 Å². The first-order valence-corrected chi connectivity index (χ1v) is 7.44. The molecular weight excluding hydrogens is 250 g/mol. The summed E-state index contributed by atoms with van der Waals surface area (Å²) >= 11 is 0. The molecule has 1 aromatic heterocycles. The van der Waals surface area contributed by atoms with Crippen LogP contribution in [-0.2, 0) is 23.0 Å². The molecule has 1 aromatic carbocycles. The Kier molecular flexibility index (Phi) is 3.66. The third-order valence-corrected chi connectivity index (χ3v) is 3.08. The monoisotopic (exact) mass is 265 g/mol. The molecule has 1 N–H and O–H groups in total. The molecule has 2 rings (SSSR count). The third kappa shape index (κ3) is 3.89. The van der Waals surface area contributed by atoms with E-state index in [9.17, 15) is 8.42 Å². The molecule has 0 aliphatic rings. The number of benzene rings is 1. The van der Waals surface area contributed by atoms with Gasteiger partial charge in [-0.2, -0.15) is 0 Å². The summed E-state index contributed by atoms with van der Waals surface area (Å²) in [6.45, 7) is 0.860. The Balaban J connectivity index is 1.95. The number of hydrogen-bond acceptors (Lipinski definition) is 3. The molecule has 18 heavy (non-hydrogen) atoms. The van der Waals surface area contributed by atoms with Gasteiger partial charge in [0.05, 0.1) is 12.6 Å². The Morgan fingerprint density at radius 1 is 1.28 bits per heavy atom. The van der Waals surface area contributed by atoms with Gasteiger partial charge in [0.15, 0.2) is 0 Å². The van der Waals surface area contributed by atoms with Crippen LogP contribution in [0.2, 0.25) is 0 Å². The second-order valence-corrected chi connectivity index (χ2v) is 5.87. The largest absolute Gasteiger partial charge is 0.337 e. The van der Waals surface area contributed by atoms with Crippen LogP contribution in [0.4, 0.5) is 5.69 Å². The Labute approximate surface area is 107 Å². The standard InChI is InChI=1S/C12H15N3O2S/c1-18(16,17)14-12-4-2-11(3-5-12)6-8-15-9-7-13-10-15/h2-5,7,9-10,14H,6,8H2,1H3. The molecule has 0 aliphatic heterocycles. The second-order valence-electron chi connectivity index (χ2n) is 4.12. The average Bonchev–Trinajstić information content (AvgIpc) is 2.79. The van der Waals surface area contributed by atoms with Crippen LogP contribution in [-0.4, -0.2) is 24.2 Å². The van der Waals surface area contributed by atoms with Crippen molar-refractivity contribution in [2.24, 2.45) is 0 Å². The van der Waals surface area contributed by atoms with E-state index in [-0.39, 0.29) is 0 Å². The van der Waals surface area contributed by atoms with E-state index < -0.39 is 10.0 Å². The number of rotatable bonds is 5. The van der Waals surface area contributed by atoms with Gasteiger partial charge in [-0.15, -0.1) is 0 Å². The molecular formula is C12H15N3O2S. The van der Waals surface area contributed by atoms with Crippen LogP contribution in [0.1, 0.15) is 5.56 Å². The topological polar surface area (TPSA) is 64.0 Å². The van der Waals surface area contributed by atoms with Crippen molar-refractivity contribution in [1.82, 2.24) is 9.55 Å². The van der Waals surface area contributed by atoms with Crippen molar-refractivity contribution >= 4 is 15.7 Å². The minimum Gasteiger partial charge on any atom is -0.337 e. The van der Waals surface area contributed by atoms with Crippen LogP contribution >= 0.6 is 0 Å². The summed E-state index contributed by atoms with van der Waals surface area (Å²) in [7, 11) is -3.20. The van der Waals surface area contributed by atoms with Gasteiger partial charge in [-0.05, 0) is 24.1 Å². The van der Waals surface area contributed by atoms with E-state index in [1.807, 2.05) is 22.9 Å². The number of aryl methyl sites for hydroxylation is 2. The maximum Gasteiger partial charge on any atom is 0.229 e.